The Balaban J connectivity index is 2.48. The average molecular weight is 309 g/mol. The smallest absolute Gasteiger partial charge is 0.392 e. The fraction of sp³-hybridized carbons (Fsp3) is 0.500. The van der Waals surface area contributed by atoms with Gasteiger partial charge in [0.15, 0.2) is 0 Å². The van der Waals surface area contributed by atoms with E-state index in [9.17, 15) is 18.3 Å². The maximum atomic E-state index is 12.6. The molecule has 1 atom stereocenters. The van der Waals surface area contributed by atoms with E-state index in [4.69, 9.17) is 0 Å². The van der Waals surface area contributed by atoms with Gasteiger partial charge in [0.1, 0.15) is 0 Å². The summed E-state index contributed by atoms with van der Waals surface area (Å²) in [6.45, 7) is 1.62. The molecule has 0 saturated heterocycles. The van der Waals surface area contributed by atoms with Gasteiger partial charge in [-0.3, -0.25) is 0 Å². The maximum Gasteiger partial charge on any atom is 0.416 e. The summed E-state index contributed by atoms with van der Waals surface area (Å²) in [4.78, 5) is 0. The molecule has 94 valence electrons. The van der Waals surface area contributed by atoms with E-state index in [1.165, 1.54) is 6.07 Å². The second-order valence-corrected chi connectivity index (χ2v) is 5.38. The lowest BCUT2D eigenvalue weighted by Gasteiger charge is -2.22. The minimum Gasteiger partial charge on any atom is -0.392 e. The van der Waals surface area contributed by atoms with Gasteiger partial charge in [0.05, 0.1) is 11.7 Å². The Morgan fingerprint density at radius 3 is 2.35 bits per heavy atom. The van der Waals surface area contributed by atoms with Crippen molar-refractivity contribution in [2.75, 3.05) is 0 Å². The van der Waals surface area contributed by atoms with Gasteiger partial charge in [-0.1, -0.05) is 15.9 Å². The van der Waals surface area contributed by atoms with E-state index in [-0.39, 0.29) is 0 Å². The molecule has 0 radical (unpaired) electrons. The zero-order chi connectivity index (χ0) is 12.8. The topological polar surface area (TPSA) is 20.2 Å². The van der Waals surface area contributed by atoms with E-state index in [1.807, 2.05) is 0 Å². The summed E-state index contributed by atoms with van der Waals surface area (Å²) < 4.78 is 38.5. The van der Waals surface area contributed by atoms with Crippen molar-refractivity contribution in [1.29, 1.82) is 0 Å². The quantitative estimate of drug-likeness (QED) is 0.879. The third-order valence-electron chi connectivity index (χ3n) is 3.42. The van der Waals surface area contributed by atoms with Crippen molar-refractivity contribution in [2.24, 2.45) is 0 Å². The fourth-order valence-electron chi connectivity index (χ4n) is 2.13. The number of halogens is 4. The molecule has 1 unspecified atom stereocenters. The van der Waals surface area contributed by atoms with Crippen molar-refractivity contribution in [1.82, 2.24) is 0 Å². The summed E-state index contributed by atoms with van der Waals surface area (Å²) >= 11 is 3.26. The van der Waals surface area contributed by atoms with Crippen LogP contribution in [0.2, 0.25) is 0 Å². The summed E-state index contributed by atoms with van der Waals surface area (Å²) in [6.07, 6.45) is -3.53. The summed E-state index contributed by atoms with van der Waals surface area (Å²) in [5, 5.41) is 9.71. The van der Waals surface area contributed by atoms with Crippen molar-refractivity contribution in [3.8, 4) is 0 Å². The molecular weight excluding hydrogens is 297 g/mol. The lowest BCUT2D eigenvalue weighted by atomic mass is 9.89. The van der Waals surface area contributed by atoms with Crippen LogP contribution in [-0.2, 0) is 11.6 Å². The highest BCUT2D eigenvalue weighted by Gasteiger charge is 2.50. The molecule has 0 aliphatic heterocycles. The Bertz CT molecular complexity index is 436. The van der Waals surface area contributed by atoms with Gasteiger partial charge in [-0.2, -0.15) is 13.2 Å². The molecule has 0 aromatic heterocycles. The zero-order valence-corrected chi connectivity index (χ0v) is 10.8. The largest absolute Gasteiger partial charge is 0.416 e. The molecule has 0 spiro atoms. The van der Waals surface area contributed by atoms with Crippen LogP contribution in [0.4, 0.5) is 13.2 Å². The predicted molar refractivity (Wildman–Crippen MR) is 61.7 cm³/mol. The van der Waals surface area contributed by atoms with Gasteiger partial charge < -0.3 is 5.11 Å². The molecule has 17 heavy (non-hydrogen) atoms. The second kappa shape index (κ2) is 3.99. The monoisotopic (exact) mass is 308 g/mol. The fourth-order valence-corrected chi connectivity index (χ4v) is 2.77. The Morgan fingerprint density at radius 2 is 1.94 bits per heavy atom. The summed E-state index contributed by atoms with van der Waals surface area (Å²) in [6, 6.07) is 3.59. The standard InChI is InChI=1S/C12H12BrF3O/c1-7(17)11(4-5-11)9-6-8(12(14,15)16)2-3-10(9)13/h2-3,6-7,17H,4-5H2,1H3. The predicted octanol–water partition coefficient (Wildman–Crippen LogP) is 3.88. The average Bonchev–Trinajstić information content (AvgIpc) is 2.97. The highest BCUT2D eigenvalue weighted by atomic mass is 79.9. The zero-order valence-electron chi connectivity index (χ0n) is 9.18. The lowest BCUT2D eigenvalue weighted by molar-refractivity contribution is -0.137. The molecule has 1 N–H and O–H groups in total. The molecule has 0 amide bonds. The highest BCUT2D eigenvalue weighted by molar-refractivity contribution is 9.10. The van der Waals surface area contributed by atoms with E-state index < -0.39 is 23.3 Å². The molecular formula is C12H12BrF3O. The van der Waals surface area contributed by atoms with Gasteiger partial charge in [-0.25, -0.2) is 0 Å². The van der Waals surface area contributed by atoms with Crippen LogP contribution >= 0.6 is 15.9 Å². The molecule has 0 heterocycles. The summed E-state index contributed by atoms with van der Waals surface area (Å²) in [5.74, 6) is 0. The van der Waals surface area contributed by atoms with Crippen LogP contribution in [0.3, 0.4) is 0 Å². The van der Waals surface area contributed by atoms with Crippen molar-refractivity contribution >= 4 is 15.9 Å². The van der Waals surface area contributed by atoms with Crippen LogP contribution in [0.15, 0.2) is 22.7 Å². The molecule has 5 heteroatoms. The Kier molecular flexibility index (Phi) is 3.02. The number of rotatable bonds is 2. The Morgan fingerprint density at radius 1 is 1.35 bits per heavy atom. The molecule has 1 aromatic rings. The normalized spacial score (nSPS) is 20.1. The van der Waals surface area contributed by atoms with Gasteiger partial charge in [0, 0.05) is 9.89 Å². The van der Waals surface area contributed by atoms with Gasteiger partial charge in [0.2, 0.25) is 0 Å². The number of aliphatic hydroxyl groups is 1. The van der Waals surface area contributed by atoms with Crippen LogP contribution in [0.1, 0.15) is 30.9 Å². The first kappa shape index (κ1) is 12.9. The van der Waals surface area contributed by atoms with Gasteiger partial charge in [-0.05, 0) is 43.5 Å². The van der Waals surface area contributed by atoms with E-state index in [2.05, 4.69) is 15.9 Å². The van der Waals surface area contributed by atoms with Crippen LogP contribution in [0.5, 0.6) is 0 Å². The van der Waals surface area contributed by atoms with E-state index >= 15 is 0 Å². The third-order valence-corrected chi connectivity index (χ3v) is 4.11. The molecule has 1 fully saturated rings. The Labute approximate surface area is 106 Å². The molecule has 1 aliphatic rings. The van der Waals surface area contributed by atoms with Crippen molar-refractivity contribution in [3.63, 3.8) is 0 Å². The molecule has 0 bridgehead atoms. The van der Waals surface area contributed by atoms with Crippen LogP contribution in [-0.4, -0.2) is 11.2 Å². The molecule has 1 nitrogen and oxygen atoms in total. The van der Waals surface area contributed by atoms with E-state index in [1.54, 1.807) is 6.92 Å². The number of hydrogen-bond donors (Lipinski definition) is 1. The maximum absolute atomic E-state index is 12.6. The summed E-state index contributed by atoms with van der Waals surface area (Å²) in [5.41, 5.74) is -0.606. The number of alkyl halides is 3. The third kappa shape index (κ3) is 2.22. The van der Waals surface area contributed by atoms with Crippen LogP contribution in [0.25, 0.3) is 0 Å². The molecule has 2 rings (SSSR count). The first-order chi connectivity index (χ1) is 7.77. The van der Waals surface area contributed by atoms with Crippen LogP contribution in [0, 0.1) is 0 Å². The lowest BCUT2D eigenvalue weighted by Crippen LogP contribution is -2.23. The van der Waals surface area contributed by atoms with Gasteiger partial charge in [-0.15, -0.1) is 0 Å². The minimum absolute atomic E-state index is 0.500. The second-order valence-electron chi connectivity index (χ2n) is 4.52. The van der Waals surface area contributed by atoms with E-state index in [0.29, 0.717) is 10.0 Å². The molecule has 1 saturated carbocycles. The van der Waals surface area contributed by atoms with Crippen molar-refractivity contribution in [3.05, 3.63) is 33.8 Å². The number of benzene rings is 1. The highest BCUT2D eigenvalue weighted by Crippen LogP contribution is 2.53. The van der Waals surface area contributed by atoms with E-state index in [0.717, 1.165) is 25.0 Å². The van der Waals surface area contributed by atoms with Gasteiger partial charge in [0.25, 0.3) is 0 Å². The minimum atomic E-state index is -4.34. The number of aliphatic hydroxyl groups excluding tert-OH is 1. The number of hydrogen-bond acceptors (Lipinski definition) is 1. The Hall–Kier alpha value is -0.550. The van der Waals surface area contributed by atoms with Crippen molar-refractivity contribution in [2.45, 2.75) is 37.5 Å². The molecule has 1 aromatic carbocycles. The van der Waals surface area contributed by atoms with Crippen LogP contribution < -0.4 is 0 Å². The van der Waals surface area contributed by atoms with Crippen molar-refractivity contribution < 1.29 is 18.3 Å². The summed E-state index contributed by atoms with van der Waals surface area (Å²) in [7, 11) is 0. The first-order valence-electron chi connectivity index (χ1n) is 5.33. The van der Waals surface area contributed by atoms with Gasteiger partial charge >= 0.3 is 6.18 Å². The molecule has 1 aliphatic carbocycles. The first-order valence-corrected chi connectivity index (χ1v) is 6.12. The SMILES string of the molecule is CC(O)C1(c2cc(C(F)(F)F)ccc2Br)CC1.